The minimum atomic E-state index is -0.717. The number of aromatic nitrogens is 2. The molecule has 0 saturated carbocycles. The fourth-order valence-electron chi connectivity index (χ4n) is 2.63. The van der Waals surface area contributed by atoms with E-state index in [9.17, 15) is 14.0 Å². The Morgan fingerprint density at radius 2 is 2.00 bits per heavy atom. The van der Waals surface area contributed by atoms with Crippen LogP contribution >= 0.6 is 0 Å². The molecule has 8 heteroatoms. The summed E-state index contributed by atoms with van der Waals surface area (Å²) in [5, 5.41) is 3.75. The Kier molecular flexibility index (Phi) is 5.35. The van der Waals surface area contributed by atoms with E-state index in [-0.39, 0.29) is 30.6 Å². The van der Waals surface area contributed by atoms with Crippen LogP contribution in [0.15, 0.2) is 57.8 Å². The molecule has 0 spiro atoms. The highest BCUT2D eigenvalue weighted by Crippen LogP contribution is 2.19. The minimum absolute atomic E-state index is 0.135. The van der Waals surface area contributed by atoms with E-state index in [0.717, 1.165) is 0 Å². The molecule has 1 amide bonds. The summed E-state index contributed by atoms with van der Waals surface area (Å²) in [6.45, 7) is -0.0534. The lowest BCUT2D eigenvalue weighted by atomic mass is 10.2. The standard InChI is InChI=1S/C19H18FN3O4/c1-22(11-13-8-9-16(26-2)15(20)10-13)17(24)12-23-18(21-27-19(23)25)14-6-4-3-5-7-14/h3-10H,11-12H2,1-2H3. The van der Waals surface area contributed by atoms with Gasteiger partial charge in [0.15, 0.2) is 17.4 Å². The molecule has 0 aliphatic carbocycles. The van der Waals surface area contributed by atoms with Crippen LogP contribution in [0, 0.1) is 5.82 Å². The maximum Gasteiger partial charge on any atom is 0.442 e. The highest BCUT2D eigenvalue weighted by Gasteiger charge is 2.18. The average Bonchev–Trinajstić information content (AvgIpc) is 3.03. The van der Waals surface area contributed by atoms with E-state index in [2.05, 4.69) is 5.16 Å². The highest BCUT2D eigenvalue weighted by molar-refractivity contribution is 5.76. The summed E-state index contributed by atoms with van der Waals surface area (Å²) in [4.78, 5) is 25.9. The van der Waals surface area contributed by atoms with Crippen LogP contribution in [0.25, 0.3) is 11.4 Å². The number of carbonyl (C=O) groups excluding carboxylic acids is 1. The predicted molar refractivity (Wildman–Crippen MR) is 95.6 cm³/mol. The Hall–Kier alpha value is -3.42. The molecule has 140 valence electrons. The first-order valence-corrected chi connectivity index (χ1v) is 8.18. The van der Waals surface area contributed by atoms with Crippen molar-refractivity contribution in [2.75, 3.05) is 14.2 Å². The number of rotatable bonds is 6. The fraction of sp³-hybridized carbons (Fsp3) is 0.211. The third-order valence-electron chi connectivity index (χ3n) is 4.07. The van der Waals surface area contributed by atoms with Gasteiger partial charge in [0.05, 0.1) is 7.11 Å². The van der Waals surface area contributed by atoms with Gasteiger partial charge in [-0.05, 0) is 17.7 Å². The Balaban J connectivity index is 1.75. The molecule has 0 aliphatic rings. The van der Waals surface area contributed by atoms with Crippen LogP contribution in [-0.4, -0.2) is 34.7 Å². The van der Waals surface area contributed by atoms with Crippen LogP contribution in [0.3, 0.4) is 0 Å². The maximum absolute atomic E-state index is 13.8. The topological polar surface area (TPSA) is 77.6 Å². The van der Waals surface area contributed by atoms with Crippen LogP contribution in [0.2, 0.25) is 0 Å². The number of benzene rings is 2. The number of carbonyl (C=O) groups is 1. The molecule has 27 heavy (non-hydrogen) atoms. The molecule has 0 saturated heterocycles. The third kappa shape index (κ3) is 4.05. The maximum atomic E-state index is 13.8. The molecular formula is C19H18FN3O4. The number of ether oxygens (including phenoxy) is 1. The van der Waals surface area contributed by atoms with E-state index >= 15 is 0 Å². The van der Waals surface area contributed by atoms with Crippen LogP contribution < -0.4 is 10.5 Å². The summed E-state index contributed by atoms with van der Waals surface area (Å²) >= 11 is 0. The Bertz CT molecular complexity index is 998. The largest absolute Gasteiger partial charge is 0.494 e. The van der Waals surface area contributed by atoms with Gasteiger partial charge in [0.2, 0.25) is 5.91 Å². The first-order chi connectivity index (χ1) is 13.0. The molecule has 0 aliphatic heterocycles. The fourth-order valence-corrected chi connectivity index (χ4v) is 2.63. The van der Waals surface area contributed by atoms with Gasteiger partial charge in [-0.1, -0.05) is 41.6 Å². The zero-order valence-electron chi connectivity index (χ0n) is 14.9. The Labute approximate surface area is 154 Å². The van der Waals surface area contributed by atoms with Crippen molar-refractivity contribution < 1.29 is 18.4 Å². The molecule has 3 aromatic rings. The lowest BCUT2D eigenvalue weighted by Crippen LogP contribution is -2.32. The molecule has 1 aromatic heterocycles. The third-order valence-corrected chi connectivity index (χ3v) is 4.07. The smallest absolute Gasteiger partial charge is 0.442 e. The number of hydrogen-bond donors (Lipinski definition) is 0. The van der Waals surface area contributed by atoms with Crippen LogP contribution in [0.4, 0.5) is 4.39 Å². The van der Waals surface area contributed by atoms with Crippen molar-refractivity contribution >= 4 is 5.91 Å². The lowest BCUT2D eigenvalue weighted by Gasteiger charge is -2.18. The van der Waals surface area contributed by atoms with E-state index < -0.39 is 11.6 Å². The van der Waals surface area contributed by atoms with E-state index in [0.29, 0.717) is 11.1 Å². The van der Waals surface area contributed by atoms with E-state index in [1.54, 1.807) is 37.4 Å². The average molecular weight is 371 g/mol. The number of methoxy groups -OCH3 is 1. The van der Waals surface area contributed by atoms with Gasteiger partial charge in [-0.25, -0.2) is 13.8 Å². The van der Waals surface area contributed by atoms with Crippen molar-refractivity contribution in [1.29, 1.82) is 0 Å². The second-order valence-electron chi connectivity index (χ2n) is 5.94. The normalized spacial score (nSPS) is 10.6. The molecule has 0 radical (unpaired) electrons. The van der Waals surface area contributed by atoms with E-state index in [1.165, 1.54) is 28.7 Å². The first kappa shape index (κ1) is 18.4. The van der Waals surface area contributed by atoms with Crippen LogP contribution in [0.5, 0.6) is 5.75 Å². The molecule has 0 bridgehead atoms. The van der Waals surface area contributed by atoms with Crippen molar-refractivity contribution in [3.05, 3.63) is 70.5 Å². The van der Waals surface area contributed by atoms with Crippen molar-refractivity contribution in [3.63, 3.8) is 0 Å². The van der Waals surface area contributed by atoms with Gasteiger partial charge in [-0.15, -0.1) is 0 Å². The second kappa shape index (κ2) is 7.86. The van der Waals surface area contributed by atoms with E-state index in [4.69, 9.17) is 9.26 Å². The molecule has 2 aromatic carbocycles. The second-order valence-corrected chi connectivity index (χ2v) is 5.94. The van der Waals surface area contributed by atoms with Crippen LogP contribution in [-0.2, 0) is 17.9 Å². The van der Waals surface area contributed by atoms with Crippen molar-refractivity contribution in [3.8, 4) is 17.1 Å². The molecule has 1 heterocycles. The minimum Gasteiger partial charge on any atom is -0.494 e. The number of likely N-dealkylation sites (N-methyl/N-ethyl adjacent to an activating group) is 1. The van der Waals surface area contributed by atoms with Crippen molar-refractivity contribution in [2.24, 2.45) is 0 Å². The Morgan fingerprint density at radius 3 is 2.67 bits per heavy atom. The van der Waals surface area contributed by atoms with Gasteiger partial charge in [-0.3, -0.25) is 9.32 Å². The van der Waals surface area contributed by atoms with Crippen molar-refractivity contribution in [1.82, 2.24) is 14.6 Å². The molecule has 0 atom stereocenters. The Morgan fingerprint density at radius 1 is 1.26 bits per heavy atom. The number of nitrogens with zero attached hydrogens (tertiary/aromatic N) is 3. The summed E-state index contributed by atoms with van der Waals surface area (Å²) in [5.41, 5.74) is 1.26. The summed E-state index contributed by atoms with van der Waals surface area (Å²) < 4.78 is 24.6. The number of amides is 1. The van der Waals surface area contributed by atoms with Gasteiger partial charge in [-0.2, -0.15) is 0 Å². The molecular weight excluding hydrogens is 353 g/mol. The molecule has 3 rings (SSSR count). The monoisotopic (exact) mass is 371 g/mol. The molecule has 0 N–H and O–H groups in total. The van der Waals surface area contributed by atoms with Gasteiger partial charge >= 0.3 is 5.76 Å². The zero-order chi connectivity index (χ0) is 19.4. The molecule has 0 fully saturated rings. The van der Waals surface area contributed by atoms with E-state index in [1.807, 2.05) is 6.07 Å². The first-order valence-electron chi connectivity index (χ1n) is 8.18. The molecule has 0 unspecified atom stereocenters. The van der Waals surface area contributed by atoms with Crippen molar-refractivity contribution in [2.45, 2.75) is 13.1 Å². The van der Waals surface area contributed by atoms with Crippen LogP contribution in [0.1, 0.15) is 5.56 Å². The lowest BCUT2D eigenvalue weighted by molar-refractivity contribution is -0.131. The highest BCUT2D eigenvalue weighted by atomic mass is 19.1. The summed E-state index contributed by atoms with van der Waals surface area (Å²) in [7, 11) is 2.96. The zero-order valence-corrected chi connectivity index (χ0v) is 14.9. The number of halogens is 1. The number of hydrogen-bond acceptors (Lipinski definition) is 5. The SMILES string of the molecule is COc1ccc(CN(C)C(=O)Cn2c(-c3ccccc3)noc2=O)cc1F. The molecule has 7 nitrogen and oxygen atoms in total. The quantitative estimate of drug-likeness (QED) is 0.665. The summed E-state index contributed by atoms with van der Waals surface area (Å²) in [6, 6.07) is 13.4. The summed E-state index contributed by atoms with van der Waals surface area (Å²) in [5.74, 6) is -1.15. The predicted octanol–water partition coefficient (Wildman–Crippen LogP) is 2.31. The van der Waals surface area contributed by atoms with Gasteiger partial charge in [0, 0.05) is 19.2 Å². The van der Waals surface area contributed by atoms with Gasteiger partial charge in [0.25, 0.3) is 0 Å². The van der Waals surface area contributed by atoms with Gasteiger partial charge < -0.3 is 9.64 Å². The summed E-state index contributed by atoms with van der Waals surface area (Å²) in [6.07, 6.45) is 0. The van der Waals surface area contributed by atoms with Gasteiger partial charge in [0.1, 0.15) is 6.54 Å².